The van der Waals surface area contributed by atoms with Gasteiger partial charge in [0.25, 0.3) is 0 Å². The quantitative estimate of drug-likeness (QED) is 0.717. The predicted octanol–water partition coefficient (Wildman–Crippen LogP) is 1.91. The second kappa shape index (κ2) is 7.93. The predicted molar refractivity (Wildman–Crippen MR) is 84.0 cm³/mol. The Bertz CT molecular complexity index is 502. The third-order valence-corrected chi connectivity index (χ3v) is 4.05. The van der Waals surface area contributed by atoms with Crippen LogP contribution in [0.2, 0.25) is 0 Å². The van der Waals surface area contributed by atoms with Crippen LogP contribution < -0.4 is 10.1 Å². The maximum absolute atomic E-state index is 12.3. The molecule has 1 amide bonds. The number of rotatable bonds is 8. The molecule has 0 bridgehead atoms. The summed E-state index contributed by atoms with van der Waals surface area (Å²) in [5.74, 6) is 0.340. The van der Waals surface area contributed by atoms with E-state index >= 15 is 0 Å². The highest BCUT2D eigenvalue weighted by Gasteiger charge is 2.32. The Morgan fingerprint density at radius 1 is 1.33 bits per heavy atom. The monoisotopic (exact) mass is 311 g/mol. The number of carbonyl (C=O) groups is 2. The van der Waals surface area contributed by atoms with E-state index in [2.05, 4.69) is 5.32 Å². The Labute approximate surface area is 129 Å². The standard InChI is InChI=1S/C15H21NO4S/c1-15(2,11-6-4-5-7-12(11)20-3)14(19)16-8-9-21-10-13(17)18/h4-7H,8-10H2,1-3H3,(H,16,19)(H,17,18). The van der Waals surface area contributed by atoms with Gasteiger partial charge >= 0.3 is 5.97 Å². The molecule has 0 saturated heterocycles. The summed E-state index contributed by atoms with van der Waals surface area (Å²) in [7, 11) is 1.58. The number of carboxylic acids is 1. The molecule has 0 aliphatic heterocycles. The highest BCUT2D eigenvalue weighted by Crippen LogP contribution is 2.31. The Balaban J connectivity index is 2.61. The van der Waals surface area contributed by atoms with E-state index in [1.165, 1.54) is 11.8 Å². The van der Waals surface area contributed by atoms with Gasteiger partial charge in [-0.3, -0.25) is 9.59 Å². The van der Waals surface area contributed by atoms with Crippen LogP contribution in [0.4, 0.5) is 0 Å². The summed E-state index contributed by atoms with van der Waals surface area (Å²) in [6.45, 7) is 4.12. The van der Waals surface area contributed by atoms with E-state index in [0.717, 1.165) is 5.56 Å². The molecular formula is C15H21NO4S. The number of para-hydroxylation sites is 1. The van der Waals surface area contributed by atoms with E-state index in [0.29, 0.717) is 18.0 Å². The van der Waals surface area contributed by atoms with Gasteiger partial charge in [0.2, 0.25) is 5.91 Å². The van der Waals surface area contributed by atoms with E-state index in [9.17, 15) is 9.59 Å². The molecule has 1 aromatic carbocycles. The van der Waals surface area contributed by atoms with Gasteiger partial charge in [0, 0.05) is 17.9 Å². The van der Waals surface area contributed by atoms with Gasteiger partial charge in [-0.2, -0.15) is 0 Å². The maximum Gasteiger partial charge on any atom is 0.313 e. The fourth-order valence-electron chi connectivity index (χ4n) is 1.90. The molecule has 116 valence electrons. The molecule has 2 N–H and O–H groups in total. The third-order valence-electron chi connectivity index (χ3n) is 3.11. The van der Waals surface area contributed by atoms with Crippen LogP contribution in [0.15, 0.2) is 24.3 Å². The van der Waals surface area contributed by atoms with Crippen LogP contribution in [-0.2, 0) is 15.0 Å². The summed E-state index contributed by atoms with van der Waals surface area (Å²) in [4.78, 5) is 22.7. The van der Waals surface area contributed by atoms with Crippen molar-refractivity contribution in [2.75, 3.05) is 25.2 Å². The summed E-state index contributed by atoms with van der Waals surface area (Å²) in [5, 5.41) is 11.4. The summed E-state index contributed by atoms with van der Waals surface area (Å²) >= 11 is 1.28. The van der Waals surface area contributed by atoms with E-state index in [-0.39, 0.29) is 11.7 Å². The van der Waals surface area contributed by atoms with Gasteiger partial charge in [-0.15, -0.1) is 11.8 Å². The van der Waals surface area contributed by atoms with Crippen molar-refractivity contribution >= 4 is 23.6 Å². The molecule has 0 aliphatic rings. The van der Waals surface area contributed by atoms with Gasteiger partial charge < -0.3 is 15.2 Å². The number of benzene rings is 1. The van der Waals surface area contributed by atoms with Gasteiger partial charge in [0.05, 0.1) is 18.3 Å². The minimum atomic E-state index is -0.847. The number of aliphatic carboxylic acids is 1. The lowest BCUT2D eigenvalue weighted by atomic mass is 9.83. The molecule has 0 fully saturated rings. The number of thioether (sulfide) groups is 1. The van der Waals surface area contributed by atoms with Crippen LogP contribution in [-0.4, -0.2) is 42.1 Å². The third kappa shape index (κ3) is 4.97. The van der Waals surface area contributed by atoms with Crippen LogP contribution in [0.25, 0.3) is 0 Å². The maximum atomic E-state index is 12.3. The molecule has 0 saturated carbocycles. The van der Waals surface area contributed by atoms with Crippen LogP contribution in [0.1, 0.15) is 19.4 Å². The molecule has 1 rings (SSSR count). The van der Waals surface area contributed by atoms with Crippen molar-refractivity contribution in [2.24, 2.45) is 0 Å². The van der Waals surface area contributed by atoms with Gasteiger partial charge in [-0.05, 0) is 19.9 Å². The lowest BCUT2D eigenvalue weighted by molar-refractivity contribution is -0.134. The molecule has 0 unspecified atom stereocenters. The first-order valence-electron chi connectivity index (χ1n) is 6.61. The highest BCUT2D eigenvalue weighted by atomic mass is 32.2. The van der Waals surface area contributed by atoms with Gasteiger partial charge in [-0.25, -0.2) is 0 Å². The Morgan fingerprint density at radius 2 is 2.00 bits per heavy atom. The van der Waals surface area contributed by atoms with Crippen molar-refractivity contribution < 1.29 is 19.4 Å². The molecule has 0 aliphatic carbocycles. The number of carbonyl (C=O) groups excluding carboxylic acids is 1. The fourth-order valence-corrected chi connectivity index (χ4v) is 2.47. The molecule has 6 heteroatoms. The van der Waals surface area contributed by atoms with Crippen molar-refractivity contribution in [3.8, 4) is 5.75 Å². The lowest BCUT2D eigenvalue weighted by Crippen LogP contribution is -2.41. The van der Waals surface area contributed by atoms with E-state index in [4.69, 9.17) is 9.84 Å². The largest absolute Gasteiger partial charge is 0.496 e. The van der Waals surface area contributed by atoms with Crippen LogP contribution in [0.5, 0.6) is 5.75 Å². The summed E-state index contributed by atoms with van der Waals surface area (Å²) in [6, 6.07) is 7.43. The molecule has 0 radical (unpaired) electrons. The topological polar surface area (TPSA) is 75.6 Å². The smallest absolute Gasteiger partial charge is 0.313 e. The minimum Gasteiger partial charge on any atom is -0.496 e. The van der Waals surface area contributed by atoms with Crippen molar-refractivity contribution in [1.29, 1.82) is 0 Å². The average molecular weight is 311 g/mol. The number of amides is 1. The first-order chi connectivity index (χ1) is 9.89. The number of hydrogen-bond donors (Lipinski definition) is 2. The lowest BCUT2D eigenvalue weighted by Gasteiger charge is -2.26. The van der Waals surface area contributed by atoms with Gasteiger partial charge in [0.15, 0.2) is 0 Å². The van der Waals surface area contributed by atoms with E-state index < -0.39 is 11.4 Å². The number of hydrogen-bond acceptors (Lipinski definition) is 4. The molecule has 0 spiro atoms. The molecule has 0 aromatic heterocycles. The van der Waals surface area contributed by atoms with Crippen molar-refractivity contribution in [1.82, 2.24) is 5.32 Å². The van der Waals surface area contributed by atoms with Crippen molar-refractivity contribution in [3.05, 3.63) is 29.8 Å². The molecule has 0 heterocycles. The summed E-state index contributed by atoms with van der Waals surface area (Å²) in [6.07, 6.45) is 0. The fraction of sp³-hybridized carbons (Fsp3) is 0.467. The zero-order valence-electron chi connectivity index (χ0n) is 12.5. The average Bonchev–Trinajstić information content (AvgIpc) is 2.46. The number of carboxylic acid groups (broad SMARTS) is 1. The number of nitrogens with one attached hydrogen (secondary N) is 1. The minimum absolute atomic E-state index is 0.0474. The molecule has 0 atom stereocenters. The molecule has 5 nitrogen and oxygen atoms in total. The van der Waals surface area contributed by atoms with E-state index in [1.54, 1.807) is 7.11 Å². The van der Waals surface area contributed by atoms with Crippen molar-refractivity contribution in [2.45, 2.75) is 19.3 Å². The van der Waals surface area contributed by atoms with Crippen LogP contribution in [0.3, 0.4) is 0 Å². The Hall–Kier alpha value is -1.69. The summed E-state index contributed by atoms with van der Waals surface area (Å²) < 4.78 is 5.30. The normalized spacial score (nSPS) is 11.0. The number of methoxy groups -OCH3 is 1. The molecule has 1 aromatic rings. The zero-order valence-corrected chi connectivity index (χ0v) is 13.3. The molecule has 21 heavy (non-hydrogen) atoms. The Morgan fingerprint density at radius 3 is 2.62 bits per heavy atom. The van der Waals surface area contributed by atoms with Crippen LogP contribution >= 0.6 is 11.8 Å². The van der Waals surface area contributed by atoms with E-state index in [1.807, 2.05) is 38.1 Å². The first-order valence-corrected chi connectivity index (χ1v) is 7.76. The first kappa shape index (κ1) is 17.4. The number of ether oxygens (including phenoxy) is 1. The highest BCUT2D eigenvalue weighted by molar-refractivity contribution is 7.99. The van der Waals surface area contributed by atoms with Crippen molar-refractivity contribution in [3.63, 3.8) is 0 Å². The summed E-state index contributed by atoms with van der Waals surface area (Å²) in [5.41, 5.74) is 0.104. The van der Waals surface area contributed by atoms with Gasteiger partial charge in [-0.1, -0.05) is 18.2 Å². The second-order valence-electron chi connectivity index (χ2n) is 5.03. The van der Waals surface area contributed by atoms with Crippen LogP contribution in [0, 0.1) is 0 Å². The zero-order chi connectivity index (χ0) is 15.9. The SMILES string of the molecule is COc1ccccc1C(C)(C)C(=O)NCCSCC(=O)O. The second-order valence-corrected chi connectivity index (χ2v) is 6.13. The molecular weight excluding hydrogens is 290 g/mol. The Kier molecular flexibility index (Phi) is 6.55. The van der Waals surface area contributed by atoms with Gasteiger partial charge in [0.1, 0.15) is 5.75 Å².